The smallest absolute Gasteiger partial charge is 0.156 e. The number of aliphatic hydroxyl groups excluding tert-OH is 1. The van der Waals surface area contributed by atoms with E-state index in [0.717, 1.165) is 37.6 Å². The van der Waals surface area contributed by atoms with Crippen molar-refractivity contribution in [1.82, 2.24) is 9.97 Å². The second kappa shape index (κ2) is 6.60. The maximum absolute atomic E-state index is 11.9. The summed E-state index contributed by atoms with van der Waals surface area (Å²) >= 11 is 0. The van der Waals surface area contributed by atoms with Crippen molar-refractivity contribution >= 4 is 21.5 Å². The Morgan fingerprint density at radius 1 is 1.22 bits per heavy atom. The Bertz CT molecular complexity index is 652. The Kier molecular flexibility index (Phi) is 4.72. The highest BCUT2D eigenvalue weighted by Gasteiger charge is 2.30. The molecule has 2 fully saturated rings. The third kappa shape index (κ3) is 3.58. The number of piperidine rings is 1. The molecule has 8 heteroatoms. The van der Waals surface area contributed by atoms with Crippen LogP contribution in [0.4, 0.5) is 11.6 Å². The van der Waals surface area contributed by atoms with E-state index < -0.39 is 9.84 Å². The van der Waals surface area contributed by atoms with Gasteiger partial charge in [0.25, 0.3) is 0 Å². The van der Waals surface area contributed by atoms with Crippen LogP contribution in [0.25, 0.3) is 0 Å². The van der Waals surface area contributed by atoms with Gasteiger partial charge in [0.15, 0.2) is 9.84 Å². The van der Waals surface area contributed by atoms with Crippen LogP contribution in [0.1, 0.15) is 19.8 Å². The van der Waals surface area contributed by atoms with Crippen molar-refractivity contribution in [2.45, 2.75) is 25.0 Å². The molecule has 0 amide bonds. The van der Waals surface area contributed by atoms with E-state index in [4.69, 9.17) is 0 Å². The van der Waals surface area contributed by atoms with Crippen LogP contribution in [0.2, 0.25) is 0 Å². The van der Waals surface area contributed by atoms with Crippen molar-refractivity contribution in [3.63, 3.8) is 0 Å². The molecular weight excluding hydrogens is 316 g/mol. The average Bonchev–Trinajstić information content (AvgIpc) is 2.57. The highest BCUT2D eigenvalue weighted by molar-refractivity contribution is 7.92. The molecule has 1 N–H and O–H groups in total. The van der Waals surface area contributed by atoms with Crippen LogP contribution in [-0.4, -0.2) is 67.3 Å². The standard InChI is InChI=1S/C15H24N4O3S/c1-12-8-19(5-6-23(12,21)22)15-7-14(16-11-17-15)18-4-2-3-13(9-18)10-20/h7,11-13,20H,2-6,8-10H2,1H3. The highest BCUT2D eigenvalue weighted by Crippen LogP contribution is 2.25. The first-order valence-electron chi connectivity index (χ1n) is 8.14. The molecule has 3 heterocycles. The van der Waals surface area contributed by atoms with Gasteiger partial charge in [-0.2, -0.15) is 0 Å². The van der Waals surface area contributed by atoms with Gasteiger partial charge in [0, 0.05) is 38.9 Å². The third-order valence-electron chi connectivity index (χ3n) is 4.80. The second-order valence-corrected chi connectivity index (χ2v) is 9.03. The van der Waals surface area contributed by atoms with E-state index in [2.05, 4.69) is 14.9 Å². The van der Waals surface area contributed by atoms with E-state index >= 15 is 0 Å². The van der Waals surface area contributed by atoms with Crippen molar-refractivity contribution in [3.8, 4) is 0 Å². The number of sulfone groups is 1. The molecule has 128 valence electrons. The molecule has 2 unspecified atom stereocenters. The Hall–Kier alpha value is -1.41. The molecule has 7 nitrogen and oxygen atoms in total. The van der Waals surface area contributed by atoms with E-state index in [-0.39, 0.29) is 17.6 Å². The highest BCUT2D eigenvalue weighted by atomic mass is 32.2. The molecule has 23 heavy (non-hydrogen) atoms. The van der Waals surface area contributed by atoms with Gasteiger partial charge in [0.2, 0.25) is 0 Å². The lowest BCUT2D eigenvalue weighted by Gasteiger charge is -2.34. The zero-order valence-corrected chi connectivity index (χ0v) is 14.2. The lowest BCUT2D eigenvalue weighted by molar-refractivity contribution is 0.208. The minimum absolute atomic E-state index is 0.170. The number of aliphatic hydroxyl groups is 1. The van der Waals surface area contributed by atoms with Crippen molar-refractivity contribution in [2.75, 3.05) is 48.3 Å². The van der Waals surface area contributed by atoms with E-state index in [1.54, 1.807) is 13.3 Å². The molecule has 2 atom stereocenters. The Morgan fingerprint density at radius 3 is 2.57 bits per heavy atom. The molecule has 0 spiro atoms. The fourth-order valence-corrected chi connectivity index (χ4v) is 4.55. The van der Waals surface area contributed by atoms with E-state index in [0.29, 0.717) is 19.0 Å². The van der Waals surface area contributed by atoms with Gasteiger partial charge in [-0.15, -0.1) is 0 Å². The number of hydrogen-bond acceptors (Lipinski definition) is 7. The molecular formula is C15H24N4O3S. The lowest BCUT2D eigenvalue weighted by atomic mass is 9.99. The van der Waals surface area contributed by atoms with Gasteiger partial charge >= 0.3 is 0 Å². The molecule has 1 aromatic heterocycles. The normalized spacial score (nSPS) is 27.9. The van der Waals surface area contributed by atoms with Gasteiger partial charge in [-0.1, -0.05) is 0 Å². The summed E-state index contributed by atoms with van der Waals surface area (Å²) in [6.07, 6.45) is 3.64. The van der Waals surface area contributed by atoms with Crippen molar-refractivity contribution in [2.24, 2.45) is 5.92 Å². The molecule has 2 aliphatic heterocycles. The maximum Gasteiger partial charge on any atom is 0.156 e. The van der Waals surface area contributed by atoms with Crippen molar-refractivity contribution in [1.29, 1.82) is 0 Å². The number of hydrogen-bond donors (Lipinski definition) is 1. The summed E-state index contributed by atoms with van der Waals surface area (Å²) < 4.78 is 23.7. The molecule has 0 aromatic carbocycles. The molecule has 2 aliphatic rings. The van der Waals surface area contributed by atoms with Crippen LogP contribution in [0.5, 0.6) is 0 Å². The average molecular weight is 340 g/mol. The number of nitrogens with zero attached hydrogens (tertiary/aromatic N) is 4. The zero-order valence-electron chi connectivity index (χ0n) is 13.4. The van der Waals surface area contributed by atoms with Crippen LogP contribution in [0, 0.1) is 5.92 Å². The first-order valence-corrected chi connectivity index (χ1v) is 9.85. The predicted molar refractivity (Wildman–Crippen MR) is 89.5 cm³/mol. The molecule has 0 saturated carbocycles. The van der Waals surface area contributed by atoms with E-state index in [9.17, 15) is 13.5 Å². The Morgan fingerprint density at radius 2 is 1.91 bits per heavy atom. The third-order valence-corrected chi connectivity index (χ3v) is 6.93. The number of aromatic nitrogens is 2. The quantitative estimate of drug-likeness (QED) is 0.847. The topological polar surface area (TPSA) is 86.6 Å². The van der Waals surface area contributed by atoms with E-state index in [1.807, 2.05) is 11.0 Å². The lowest BCUT2D eigenvalue weighted by Crippen LogP contribution is -2.46. The van der Waals surface area contributed by atoms with Gasteiger partial charge in [0.05, 0.1) is 11.0 Å². The summed E-state index contributed by atoms with van der Waals surface area (Å²) in [5.74, 6) is 2.10. The summed E-state index contributed by atoms with van der Waals surface area (Å²) in [6.45, 7) is 4.63. The molecule has 1 aromatic rings. The van der Waals surface area contributed by atoms with E-state index in [1.165, 1.54) is 0 Å². The fraction of sp³-hybridized carbons (Fsp3) is 0.733. The monoisotopic (exact) mass is 340 g/mol. The molecule has 2 saturated heterocycles. The first kappa shape index (κ1) is 16.4. The van der Waals surface area contributed by atoms with Gasteiger partial charge in [0.1, 0.15) is 18.0 Å². The maximum atomic E-state index is 11.9. The van der Waals surface area contributed by atoms with Gasteiger partial charge < -0.3 is 14.9 Å². The number of rotatable bonds is 3. The number of anilines is 2. The molecule has 3 rings (SSSR count). The Labute approximate surface area is 137 Å². The van der Waals surface area contributed by atoms with Gasteiger partial charge in [-0.05, 0) is 25.7 Å². The van der Waals surface area contributed by atoms with Crippen LogP contribution in [0.15, 0.2) is 12.4 Å². The van der Waals surface area contributed by atoms with Crippen LogP contribution in [-0.2, 0) is 9.84 Å². The molecule has 0 aliphatic carbocycles. The summed E-state index contributed by atoms with van der Waals surface area (Å²) in [7, 11) is -2.97. The largest absolute Gasteiger partial charge is 0.396 e. The summed E-state index contributed by atoms with van der Waals surface area (Å²) in [6, 6.07) is 1.93. The van der Waals surface area contributed by atoms with Crippen LogP contribution >= 0.6 is 0 Å². The molecule has 0 bridgehead atoms. The minimum Gasteiger partial charge on any atom is -0.396 e. The van der Waals surface area contributed by atoms with Gasteiger partial charge in [-0.25, -0.2) is 18.4 Å². The fourth-order valence-electron chi connectivity index (χ4n) is 3.27. The molecule has 0 radical (unpaired) electrons. The minimum atomic E-state index is -2.97. The summed E-state index contributed by atoms with van der Waals surface area (Å²) in [5.41, 5.74) is 0. The second-order valence-electron chi connectivity index (χ2n) is 6.49. The van der Waals surface area contributed by atoms with Crippen LogP contribution in [0.3, 0.4) is 0 Å². The van der Waals surface area contributed by atoms with Gasteiger partial charge in [-0.3, -0.25) is 0 Å². The van der Waals surface area contributed by atoms with Crippen LogP contribution < -0.4 is 9.80 Å². The summed E-state index contributed by atoms with van der Waals surface area (Å²) in [5, 5.41) is 9.00. The summed E-state index contributed by atoms with van der Waals surface area (Å²) in [4.78, 5) is 12.9. The first-order chi connectivity index (χ1) is 11.0. The Balaban J connectivity index is 1.75. The SMILES string of the molecule is CC1CN(c2cc(N3CCCC(CO)C3)ncn2)CCS1(=O)=O. The predicted octanol–water partition coefficient (Wildman–Crippen LogP) is 0.309. The van der Waals surface area contributed by atoms with Crippen molar-refractivity contribution in [3.05, 3.63) is 12.4 Å². The zero-order chi connectivity index (χ0) is 16.4. The van der Waals surface area contributed by atoms with Crippen molar-refractivity contribution < 1.29 is 13.5 Å².